The van der Waals surface area contributed by atoms with Crippen molar-refractivity contribution in [2.24, 2.45) is 35.5 Å². The first-order chi connectivity index (χ1) is 29.0. The first-order valence-corrected chi connectivity index (χ1v) is 22.5. The summed E-state index contributed by atoms with van der Waals surface area (Å²) in [5, 5.41) is 11.8. The van der Waals surface area contributed by atoms with Crippen molar-refractivity contribution in [1.29, 1.82) is 5.26 Å². The molecule has 8 aliphatic carbocycles. The fourth-order valence-corrected chi connectivity index (χ4v) is 14.7. The molecule has 15 rings (SSSR count). The highest BCUT2D eigenvalue weighted by molar-refractivity contribution is 6.10. The Bertz CT molecular complexity index is 2660. The average Bonchev–Trinajstić information content (AvgIpc) is 3.59. The average molecular weight is 768 g/mol. The molecule has 2 heterocycles. The second kappa shape index (κ2) is 12.7. The van der Waals surface area contributed by atoms with Crippen LogP contribution in [0.5, 0.6) is 0 Å². The van der Waals surface area contributed by atoms with Crippen molar-refractivity contribution < 1.29 is 0 Å². The number of benzene rings is 5. The van der Waals surface area contributed by atoms with Crippen molar-refractivity contribution >= 4 is 21.8 Å². The van der Waals surface area contributed by atoms with Gasteiger partial charge in [-0.15, -0.1) is 0 Å². The van der Waals surface area contributed by atoms with E-state index in [0.717, 1.165) is 86.0 Å². The Morgan fingerprint density at radius 3 is 1.36 bits per heavy atom. The number of aromatic nitrogens is 4. The summed E-state index contributed by atoms with van der Waals surface area (Å²) >= 11 is 0. The number of fused-ring (bicyclic) bond motifs is 3. The third kappa shape index (κ3) is 5.44. The molecule has 8 aliphatic rings. The summed E-state index contributed by atoms with van der Waals surface area (Å²) in [5.74, 6) is 7.65. The lowest BCUT2D eigenvalue weighted by atomic mass is 9.48. The van der Waals surface area contributed by atoms with Gasteiger partial charge in [-0.25, -0.2) is 15.0 Å². The van der Waals surface area contributed by atoms with E-state index in [2.05, 4.69) is 102 Å². The highest BCUT2D eigenvalue weighted by atomic mass is 15.0. The van der Waals surface area contributed by atoms with Crippen LogP contribution < -0.4 is 0 Å². The Kier molecular flexibility index (Phi) is 7.38. The lowest BCUT2D eigenvalue weighted by Crippen LogP contribution is -2.48. The molecule has 0 spiro atoms. The second-order valence-electron chi connectivity index (χ2n) is 20.1. The number of para-hydroxylation sites is 1. The molecular formula is C54H49N5. The van der Waals surface area contributed by atoms with Gasteiger partial charge in [0, 0.05) is 33.2 Å². The standard InChI is InChI=1S/C54H49N5/c55-32-33-5-16-45(17-6-33)59-48-4-2-1-3-46(48)47-25-42(11-18-49(47)59)52-57-50(40-7-12-43(13-8-40)53-26-34-19-35(27-53)21-36(20-34)28-53)56-51(58-52)41-9-14-44(15-10-41)54-29-37-22-38(30-54)24-39(23-37)31-54/h1-18,25,34-39H,19-24,26-31H2/t34-,35+,36-,37-,38+,39-,53?,54?. The Hall–Kier alpha value is -5.60. The molecule has 59 heavy (non-hydrogen) atoms. The molecule has 5 aromatic carbocycles. The van der Waals surface area contributed by atoms with Crippen molar-refractivity contribution in [2.75, 3.05) is 0 Å². The zero-order valence-electron chi connectivity index (χ0n) is 33.7. The molecular weight excluding hydrogens is 719 g/mol. The van der Waals surface area contributed by atoms with Crippen molar-refractivity contribution in [1.82, 2.24) is 19.5 Å². The zero-order chi connectivity index (χ0) is 38.9. The maximum absolute atomic E-state index is 9.47. The highest BCUT2D eigenvalue weighted by Gasteiger charge is 2.52. The van der Waals surface area contributed by atoms with Gasteiger partial charge in [0.15, 0.2) is 17.5 Å². The maximum Gasteiger partial charge on any atom is 0.164 e. The largest absolute Gasteiger partial charge is 0.309 e. The van der Waals surface area contributed by atoms with Crippen molar-refractivity contribution in [3.05, 3.63) is 132 Å². The molecule has 0 radical (unpaired) electrons. The van der Waals surface area contributed by atoms with Gasteiger partial charge >= 0.3 is 0 Å². The van der Waals surface area contributed by atoms with Crippen LogP contribution in [-0.4, -0.2) is 19.5 Å². The van der Waals surface area contributed by atoms with E-state index in [0.29, 0.717) is 22.2 Å². The zero-order valence-corrected chi connectivity index (χ0v) is 33.7. The molecule has 0 saturated heterocycles. The van der Waals surface area contributed by atoms with Crippen LogP contribution in [-0.2, 0) is 10.8 Å². The predicted molar refractivity (Wildman–Crippen MR) is 235 cm³/mol. The molecule has 0 unspecified atom stereocenters. The second-order valence-corrected chi connectivity index (χ2v) is 20.1. The molecule has 0 atom stereocenters. The van der Waals surface area contributed by atoms with Crippen LogP contribution in [0.2, 0.25) is 0 Å². The molecule has 8 bridgehead atoms. The number of nitrogens with zero attached hydrogens (tertiary/aromatic N) is 5. The molecule has 290 valence electrons. The van der Waals surface area contributed by atoms with Gasteiger partial charge < -0.3 is 4.57 Å². The Balaban J connectivity index is 0.916. The van der Waals surface area contributed by atoms with Crippen LogP contribution in [0.3, 0.4) is 0 Å². The smallest absolute Gasteiger partial charge is 0.164 e. The van der Waals surface area contributed by atoms with Crippen molar-refractivity contribution in [2.45, 2.75) is 87.9 Å². The predicted octanol–water partition coefficient (Wildman–Crippen LogP) is 12.8. The fourth-order valence-electron chi connectivity index (χ4n) is 14.7. The van der Waals surface area contributed by atoms with Gasteiger partial charge in [-0.2, -0.15) is 5.26 Å². The summed E-state index contributed by atoms with van der Waals surface area (Å²) in [6.07, 6.45) is 16.9. The minimum Gasteiger partial charge on any atom is -0.309 e. The molecule has 8 fully saturated rings. The van der Waals surface area contributed by atoms with Crippen LogP contribution in [0, 0.1) is 46.8 Å². The molecule has 0 N–H and O–H groups in total. The first-order valence-electron chi connectivity index (χ1n) is 22.5. The van der Waals surface area contributed by atoms with Crippen molar-refractivity contribution in [3.63, 3.8) is 0 Å². The molecule has 5 nitrogen and oxygen atoms in total. The summed E-state index contributed by atoms with van der Waals surface area (Å²) in [4.78, 5) is 15.8. The summed E-state index contributed by atoms with van der Waals surface area (Å²) in [6, 6.07) is 44.1. The lowest BCUT2D eigenvalue weighted by Gasteiger charge is -2.57. The summed E-state index contributed by atoms with van der Waals surface area (Å²) in [7, 11) is 0. The van der Waals surface area contributed by atoms with Gasteiger partial charge in [0.2, 0.25) is 0 Å². The van der Waals surface area contributed by atoms with E-state index < -0.39 is 0 Å². The normalized spacial score (nSPS) is 30.0. The Morgan fingerprint density at radius 1 is 0.458 bits per heavy atom. The SMILES string of the molecule is N#Cc1ccc(-n2c3ccccc3c3cc(-c4nc(-c5ccc(C67C[C@H]8C[C@@H](C6)C[C@@H](C7)C8)cc5)nc(-c5ccc(C67C[C@H]8C[C@@H](C6)C[C@@H](C7)C8)cc5)n4)ccc32)cc1. The number of nitriles is 1. The molecule has 8 saturated carbocycles. The van der Waals surface area contributed by atoms with Crippen LogP contribution in [0.4, 0.5) is 0 Å². The summed E-state index contributed by atoms with van der Waals surface area (Å²) in [5.41, 5.74) is 10.7. The van der Waals surface area contributed by atoms with Gasteiger partial charge in [-0.1, -0.05) is 66.7 Å². The van der Waals surface area contributed by atoms with Crippen LogP contribution in [0.1, 0.15) is 93.7 Å². The van der Waals surface area contributed by atoms with E-state index in [1.807, 2.05) is 24.3 Å². The number of rotatable bonds is 6. The van der Waals surface area contributed by atoms with Gasteiger partial charge in [0.05, 0.1) is 22.7 Å². The maximum atomic E-state index is 9.47. The Morgan fingerprint density at radius 2 is 0.881 bits per heavy atom. The van der Waals surface area contributed by atoms with Crippen LogP contribution >= 0.6 is 0 Å². The monoisotopic (exact) mass is 767 g/mol. The lowest BCUT2D eigenvalue weighted by molar-refractivity contribution is -0.00530. The van der Waals surface area contributed by atoms with Crippen LogP contribution in [0.25, 0.3) is 61.7 Å². The van der Waals surface area contributed by atoms with Gasteiger partial charge in [0.1, 0.15) is 0 Å². The van der Waals surface area contributed by atoms with E-state index in [1.54, 1.807) is 0 Å². The fraction of sp³-hybridized carbons (Fsp3) is 0.370. The van der Waals surface area contributed by atoms with E-state index in [4.69, 9.17) is 15.0 Å². The third-order valence-corrected chi connectivity index (χ3v) is 16.4. The molecule has 5 heteroatoms. The molecule has 2 aromatic heterocycles. The first kappa shape index (κ1) is 34.3. The van der Waals surface area contributed by atoms with E-state index in [-0.39, 0.29) is 0 Å². The van der Waals surface area contributed by atoms with Crippen molar-refractivity contribution in [3.8, 4) is 45.9 Å². The summed E-state index contributed by atoms with van der Waals surface area (Å²) in [6.45, 7) is 0. The van der Waals surface area contributed by atoms with E-state index in [9.17, 15) is 5.26 Å². The minimum atomic E-state index is 0.355. The highest BCUT2D eigenvalue weighted by Crippen LogP contribution is 2.62. The summed E-state index contributed by atoms with van der Waals surface area (Å²) < 4.78 is 2.29. The van der Waals surface area contributed by atoms with E-state index >= 15 is 0 Å². The molecule has 0 amide bonds. The Labute approximate surface area is 346 Å². The molecule has 7 aromatic rings. The number of hydrogen-bond donors (Lipinski definition) is 0. The van der Waals surface area contributed by atoms with Gasteiger partial charge in [-0.05, 0) is 183 Å². The number of hydrogen-bond acceptors (Lipinski definition) is 4. The topological polar surface area (TPSA) is 67.4 Å². The third-order valence-electron chi connectivity index (χ3n) is 16.4. The quantitative estimate of drug-likeness (QED) is 0.169. The minimum absolute atomic E-state index is 0.355. The van der Waals surface area contributed by atoms with Gasteiger partial charge in [0.25, 0.3) is 0 Å². The molecule has 0 aliphatic heterocycles. The van der Waals surface area contributed by atoms with E-state index in [1.165, 1.54) is 93.6 Å². The van der Waals surface area contributed by atoms with Crippen LogP contribution in [0.15, 0.2) is 115 Å². The van der Waals surface area contributed by atoms with Gasteiger partial charge in [-0.3, -0.25) is 0 Å².